The summed E-state index contributed by atoms with van der Waals surface area (Å²) in [5, 5.41) is 0. The number of aliphatic imine (C=N–C) groups is 1. The van der Waals surface area contributed by atoms with Gasteiger partial charge >= 0.3 is 0 Å². The molecule has 2 fully saturated rings. The molecule has 0 unspecified atom stereocenters. The van der Waals surface area contributed by atoms with Crippen LogP contribution in [0, 0.1) is 0 Å². The van der Waals surface area contributed by atoms with Gasteiger partial charge in [0.1, 0.15) is 0 Å². The molecule has 1 saturated heterocycles. The summed E-state index contributed by atoms with van der Waals surface area (Å²) in [6.07, 6.45) is 5.16. The molecule has 1 aliphatic heterocycles. The monoisotopic (exact) mass is 242 g/mol. The molecule has 1 heterocycles. The van der Waals surface area contributed by atoms with Crippen LogP contribution >= 0.6 is 11.8 Å². The van der Waals surface area contributed by atoms with Gasteiger partial charge in [0, 0.05) is 30.1 Å². The van der Waals surface area contributed by atoms with E-state index in [0.717, 1.165) is 6.54 Å². The fourth-order valence-electron chi connectivity index (χ4n) is 2.88. The highest BCUT2D eigenvalue weighted by molar-refractivity contribution is 7.99. The molecule has 0 bridgehead atoms. The first-order valence-electron chi connectivity index (χ1n) is 6.11. The molecule has 1 aliphatic carbocycles. The molecule has 2 rings (SSSR count). The number of nitrogens with two attached hydrogens (primary N) is 2. The molecule has 0 spiro atoms. The van der Waals surface area contributed by atoms with Crippen LogP contribution < -0.4 is 11.5 Å². The molecular weight excluding hydrogens is 220 g/mol. The highest BCUT2D eigenvalue weighted by Crippen LogP contribution is 2.36. The number of hydrogen-bond acceptors (Lipinski definition) is 3. The quantitative estimate of drug-likeness (QED) is 0.562. The van der Waals surface area contributed by atoms with Gasteiger partial charge in [-0.25, -0.2) is 0 Å². The Balaban J connectivity index is 2.04. The molecule has 0 aromatic heterocycles. The summed E-state index contributed by atoms with van der Waals surface area (Å²) in [5.41, 5.74) is 11.2. The van der Waals surface area contributed by atoms with Gasteiger partial charge < -0.3 is 11.5 Å². The minimum Gasteiger partial charge on any atom is -0.370 e. The Hall–Kier alpha value is -0.420. The van der Waals surface area contributed by atoms with Crippen molar-refractivity contribution < 1.29 is 0 Å². The zero-order valence-electron chi connectivity index (χ0n) is 9.82. The van der Waals surface area contributed by atoms with Gasteiger partial charge in [-0.05, 0) is 12.8 Å². The zero-order valence-corrected chi connectivity index (χ0v) is 10.6. The molecule has 2 aliphatic rings. The van der Waals surface area contributed by atoms with E-state index in [4.69, 9.17) is 11.5 Å². The summed E-state index contributed by atoms with van der Waals surface area (Å²) in [6, 6.07) is 0. The Morgan fingerprint density at radius 1 is 1.19 bits per heavy atom. The van der Waals surface area contributed by atoms with Gasteiger partial charge in [0.05, 0.1) is 6.54 Å². The Bertz CT molecular complexity index is 251. The normalized spacial score (nSPS) is 25.5. The average molecular weight is 242 g/mol. The first kappa shape index (κ1) is 12.0. The largest absolute Gasteiger partial charge is 0.370 e. The molecule has 0 radical (unpaired) electrons. The Morgan fingerprint density at radius 3 is 2.38 bits per heavy atom. The van der Waals surface area contributed by atoms with Crippen LogP contribution in [0.25, 0.3) is 0 Å². The fraction of sp³-hybridized carbons (Fsp3) is 0.909. The molecule has 1 saturated carbocycles. The third-order valence-electron chi connectivity index (χ3n) is 3.77. The first-order valence-corrected chi connectivity index (χ1v) is 7.27. The highest BCUT2D eigenvalue weighted by atomic mass is 32.2. The predicted octanol–water partition coefficient (Wildman–Crippen LogP) is 0.621. The number of guanidine groups is 1. The number of thioether (sulfide) groups is 1. The van der Waals surface area contributed by atoms with Crippen molar-refractivity contribution in [1.82, 2.24) is 4.90 Å². The van der Waals surface area contributed by atoms with E-state index in [2.05, 4.69) is 21.7 Å². The first-order chi connectivity index (χ1) is 7.73. The van der Waals surface area contributed by atoms with Gasteiger partial charge in [0.2, 0.25) is 0 Å². The standard InChI is InChI=1S/C11H22N4S/c12-10(13)14-9-11(3-1-2-4-11)15-5-7-16-8-6-15/h1-9H2,(H4,12,13,14). The van der Waals surface area contributed by atoms with Crippen molar-refractivity contribution in [3.8, 4) is 0 Å². The van der Waals surface area contributed by atoms with Crippen LogP contribution in [0.2, 0.25) is 0 Å². The maximum absolute atomic E-state index is 5.46. The molecule has 0 aromatic rings. The lowest BCUT2D eigenvalue weighted by molar-refractivity contribution is 0.112. The third-order valence-corrected chi connectivity index (χ3v) is 4.71. The predicted molar refractivity (Wildman–Crippen MR) is 70.8 cm³/mol. The number of hydrogen-bond donors (Lipinski definition) is 2. The summed E-state index contributed by atoms with van der Waals surface area (Å²) >= 11 is 2.05. The fourth-order valence-corrected chi connectivity index (χ4v) is 3.79. The smallest absolute Gasteiger partial charge is 0.185 e. The van der Waals surface area contributed by atoms with Crippen molar-refractivity contribution >= 4 is 17.7 Å². The molecular formula is C11H22N4S. The molecule has 4 N–H and O–H groups in total. The van der Waals surface area contributed by atoms with Crippen molar-refractivity contribution in [1.29, 1.82) is 0 Å². The van der Waals surface area contributed by atoms with E-state index in [1.165, 1.54) is 50.3 Å². The Morgan fingerprint density at radius 2 is 1.81 bits per heavy atom. The average Bonchev–Trinajstić information content (AvgIpc) is 2.78. The van der Waals surface area contributed by atoms with Crippen molar-refractivity contribution in [2.75, 3.05) is 31.1 Å². The van der Waals surface area contributed by atoms with Crippen LogP contribution in [0.15, 0.2) is 4.99 Å². The van der Waals surface area contributed by atoms with Crippen LogP contribution in [0.5, 0.6) is 0 Å². The summed E-state index contributed by atoms with van der Waals surface area (Å²) in [4.78, 5) is 6.91. The number of rotatable bonds is 3. The number of nitrogens with zero attached hydrogens (tertiary/aromatic N) is 2. The summed E-state index contributed by atoms with van der Waals surface area (Å²) in [5.74, 6) is 2.74. The molecule has 0 aromatic carbocycles. The van der Waals surface area contributed by atoms with Gasteiger partial charge in [-0.15, -0.1) is 0 Å². The molecule has 0 atom stereocenters. The van der Waals surface area contributed by atoms with Crippen LogP contribution in [0.1, 0.15) is 25.7 Å². The van der Waals surface area contributed by atoms with Crippen LogP contribution in [-0.4, -0.2) is 47.5 Å². The summed E-state index contributed by atoms with van der Waals surface area (Å²) in [6.45, 7) is 3.19. The van der Waals surface area contributed by atoms with Crippen LogP contribution in [0.3, 0.4) is 0 Å². The maximum Gasteiger partial charge on any atom is 0.185 e. The topological polar surface area (TPSA) is 67.6 Å². The summed E-state index contributed by atoms with van der Waals surface area (Å²) in [7, 11) is 0. The third kappa shape index (κ3) is 2.63. The highest BCUT2D eigenvalue weighted by Gasteiger charge is 2.39. The maximum atomic E-state index is 5.46. The van der Waals surface area contributed by atoms with E-state index in [-0.39, 0.29) is 11.5 Å². The molecule has 5 heteroatoms. The van der Waals surface area contributed by atoms with E-state index in [1.54, 1.807) is 0 Å². The second kappa shape index (κ2) is 5.27. The van der Waals surface area contributed by atoms with Crippen molar-refractivity contribution in [3.63, 3.8) is 0 Å². The molecule has 0 amide bonds. The van der Waals surface area contributed by atoms with Crippen molar-refractivity contribution in [3.05, 3.63) is 0 Å². The molecule has 4 nitrogen and oxygen atoms in total. The van der Waals surface area contributed by atoms with Crippen LogP contribution in [-0.2, 0) is 0 Å². The summed E-state index contributed by atoms with van der Waals surface area (Å²) < 4.78 is 0. The van der Waals surface area contributed by atoms with Gasteiger partial charge in [0.15, 0.2) is 5.96 Å². The second-order valence-corrected chi connectivity index (χ2v) is 6.00. The SMILES string of the molecule is NC(N)=NCC1(N2CCSCC2)CCCC1. The molecule has 92 valence electrons. The minimum absolute atomic E-state index is 0.234. The van der Waals surface area contributed by atoms with Gasteiger partial charge in [0.25, 0.3) is 0 Å². The van der Waals surface area contributed by atoms with Crippen molar-refractivity contribution in [2.24, 2.45) is 16.5 Å². The second-order valence-electron chi connectivity index (χ2n) is 4.77. The zero-order chi connectivity index (χ0) is 11.4. The van der Waals surface area contributed by atoms with E-state index >= 15 is 0 Å². The van der Waals surface area contributed by atoms with Gasteiger partial charge in [-0.3, -0.25) is 9.89 Å². The van der Waals surface area contributed by atoms with E-state index < -0.39 is 0 Å². The Kier molecular flexibility index (Phi) is 3.97. The van der Waals surface area contributed by atoms with E-state index in [1.807, 2.05) is 0 Å². The molecule has 16 heavy (non-hydrogen) atoms. The van der Waals surface area contributed by atoms with Gasteiger partial charge in [-0.2, -0.15) is 11.8 Å². The minimum atomic E-state index is 0.234. The van der Waals surface area contributed by atoms with Crippen molar-refractivity contribution in [2.45, 2.75) is 31.2 Å². The lowest BCUT2D eigenvalue weighted by atomic mass is 9.95. The van der Waals surface area contributed by atoms with Crippen LogP contribution in [0.4, 0.5) is 0 Å². The van der Waals surface area contributed by atoms with E-state index in [0.29, 0.717) is 0 Å². The lowest BCUT2D eigenvalue weighted by Crippen LogP contribution is -2.52. The van der Waals surface area contributed by atoms with Gasteiger partial charge in [-0.1, -0.05) is 12.8 Å². The lowest BCUT2D eigenvalue weighted by Gasteiger charge is -2.42. The van der Waals surface area contributed by atoms with E-state index in [9.17, 15) is 0 Å². The Labute approximate surface area is 102 Å².